The van der Waals surface area contributed by atoms with Crippen LogP contribution in [0.15, 0.2) is 24.3 Å². The zero-order chi connectivity index (χ0) is 11.4. The van der Waals surface area contributed by atoms with Crippen molar-refractivity contribution in [2.45, 2.75) is 32.4 Å². The van der Waals surface area contributed by atoms with Gasteiger partial charge in [0.1, 0.15) is 0 Å². The molecule has 88 valence electrons. The van der Waals surface area contributed by atoms with Gasteiger partial charge in [-0.3, -0.25) is 4.90 Å². The molecule has 2 nitrogen and oxygen atoms in total. The summed E-state index contributed by atoms with van der Waals surface area (Å²) in [4.78, 5) is 2.55. The molecule has 1 N–H and O–H groups in total. The third-order valence-corrected chi connectivity index (χ3v) is 3.44. The number of likely N-dealkylation sites (N-methyl/N-ethyl adjacent to an activating group) is 1. The van der Waals surface area contributed by atoms with Crippen LogP contribution in [0.1, 0.15) is 24.0 Å². The van der Waals surface area contributed by atoms with Gasteiger partial charge in [0.2, 0.25) is 0 Å². The second-order valence-corrected chi connectivity index (χ2v) is 4.85. The van der Waals surface area contributed by atoms with Gasteiger partial charge in [0.05, 0.1) is 0 Å². The van der Waals surface area contributed by atoms with Gasteiger partial charge in [-0.15, -0.1) is 0 Å². The summed E-state index contributed by atoms with van der Waals surface area (Å²) in [5.74, 6) is 0. The van der Waals surface area contributed by atoms with Crippen LogP contribution in [0.5, 0.6) is 0 Å². The van der Waals surface area contributed by atoms with Gasteiger partial charge in [-0.05, 0) is 38.9 Å². The minimum atomic E-state index is 0.680. The topological polar surface area (TPSA) is 15.3 Å². The molecule has 0 radical (unpaired) electrons. The van der Waals surface area contributed by atoms with Crippen molar-refractivity contribution in [3.8, 4) is 0 Å². The van der Waals surface area contributed by atoms with E-state index in [4.69, 9.17) is 0 Å². The van der Waals surface area contributed by atoms with E-state index in [1.807, 2.05) is 0 Å². The fourth-order valence-electron chi connectivity index (χ4n) is 2.39. The Bertz CT molecular complexity index is 318. The highest BCUT2D eigenvalue weighted by atomic mass is 15.2. The minimum Gasteiger partial charge on any atom is -0.316 e. The zero-order valence-corrected chi connectivity index (χ0v) is 10.4. The van der Waals surface area contributed by atoms with Crippen molar-refractivity contribution in [3.05, 3.63) is 35.4 Å². The van der Waals surface area contributed by atoms with E-state index < -0.39 is 0 Å². The molecule has 1 aliphatic rings. The predicted molar refractivity (Wildman–Crippen MR) is 68.5 cm³/mol. The van der Waals surface area contributed by atoms with E-state index >= 15 is 0 Å². The maximum absolute atomic E-state index is 3.39. The number of benzene rings is 1. The van der Waals surface area contributed by atoms with Crippen molar-refractivity contribution in [1.29, 1.82) is 0 Å². The van der Waals surface area contributed by atoms with Crippen LogP contribution in [0.2, 0.25) is 0 Å². The van der Waals surface area contributed by atoms with Gasteiger partial charge in [0, 0.05) is 19.1 Å². The molecule has 1 saturated heterocycles. The van der Waals surface area contributed by atoms with Crippen molar-refractivity contribution in [2.24, 2.45) is 0 Å². The maximum Gasteiger partial charge on any atom is 0.0234 e. The molecule has 2 heteroatoms. The van der Waals surface area contributed by atoms with E-state index in [1.165, 1.54) is 37.1 Å². The number of likely N-dealkylation sites (tertiary alicyclic amines) is 1. The molecule has 1 fully saturated rings. The number of piperidine rings is 1. The zero-order valence-electron chi connectivity index (χ0n) is 10.4. The third-order valence-electron chi connectivity index (χ3n) is 3.44. The number of nitrogens with zero attached hydrogens (tertiary/aromatic N) is 1. The molecule has 0 unspecified atom stereocenters. The number of hydrogen-bond donors (Lipinski definition) is 1. The van der Waals surface area contributed by atoms with Crippen molar-refractivity contribution >= 4 is 0 Å². The van der Waals surface area contributed by atoms with Crippen molar-refractivity contribution in [3.63, 3.8) is 0 Å². The first-order valence-electron chi connectivity index (χ1n) is 6.23. The van der Waals surface area contributed by atoms with Crippen LogP contribution in [0.4, 0.5) is 0 Å². The standard InChI is InChI=1S/C14H22N2/c1-12-5-7-13(8-6-12)10-16-9-3-4-14(11-16)15-2/h5-8,14-15H,3-4,9-11H2,1-2H3/t14-/m1/s1. The van der Waals surface area contributed by atoms with Crippen LogP contribution >= 0.6 is 0 Å². The maximum atomic E-state index is 3.39. The fraction of sp³-hybridized carbons (Fsp3) is 0.571. The lowest BCUT2D eigenvalue weighted by atomic mass is 10.0. The third kappa shape index (κ3) is 3.06. The van der Waals surface area contributed by atoms with Crippen LogP contribution in [0.25, 0.3) is 0 Å². The summed E-state index contributed by atoms with van der Waals surface area (Å²) in [6.07, 6.45) is 2.64. The summed E-state index contributed by atoms with van der Waals surface area (Å²) in [5.41, 5.74) is 2.78. The van der Waals surface area contributed by atoms with E-state index in [2.05, 4.69) is 48.5 Å². The Morgan fingerprint density at radius 2 is 2.06 bits per heavy atom. The lowest BCUT2D eigenvalue weighted by Crippen LogP contribution is -2.43. The van der Waals surface area contributed by atoms with Gasteiger partial charge in [-0.25, -0.2) is 0 Å². The average molecular weight is 218 g/mol. The summed E-state index contributed by atoms with van der Waals surface area (Å²) in [7, 11) is 2.07. The molecule has 0 spiro atoms. The van der Waals surface area contributed by atoms with E-state index in [0.29, 0.717) is 6.04 Å². The molecule has 16 heavy (non-hydrogen) atoms. The quantitative estimate of drug-likeness (QED) is 0.836. The Morgan fingerprint density at radius 3 is 2.75 bits per heavy atom. The Labute approximate surface area is 98.7 Å². The summed E-state index contributed by atoms with van der Waals surface area (Å²) >= 11 is 0. The summed E-state index contributed by atoms with van der Waals surface area (Å²) in [6.45, 7) is 5.66. The molecule has 0 aromatic heterocycles. The highest BCUT2D eigenvalue weighted by Gasteiger charge is 2.17. The number of rotatable bonds is 3. The van der Waals surface area contributed by atoms with Gasteiger partial charge in [0.15, 0.2) is 0 Å². The Kier molecular flexibility index (Phi) is 3.97. The molecule has 1 atom stereocenters. The molecule has 1 aromatic carbocycles. The smallest absolute Gasteiger partial charge is 0.0234 e. The highest BCUT2D eigenvalue weighted by Crippen LogP contribution is 2.13. The lowest BCUT2D eigenvalue weighted by molar-refractivity contribution is 0.188. The Hall–Kier alpha value is -0.860. The number of aryl methyl sites for hydroxylation is 1. The number of hydrogen-bond acceptors (Lipinski definition) is 2. The average Bonchev–Trinajstić information content (AvgIpc) is 2.32. The van der Waals surface area contributed by atoms with Crippen molar-refractivity contribution in [1.82, 2.24) is 10.2 Å². The van der Waals surface area contributed by atoms with E-state index in [9.17, 15) is 0 Å². The number of nitrogens with one attached hydrogen (secondary N) is 1. The summed E-state index contributed by atoms with van der Waals surface area (Å²) < 4.78 is 0. The monoisotopic (exact) mass is 218 g/mol. The first-order chi connectivity index (χ1) is 7.78. The van der Waals surface area contributed by atoms with Crippen LogP contribution in [0.3, 0.4) is 0 Å². The van der Waals surface area contributed by atoms with E-state index in [1.54, 1.807) is 0 Å². The summed E-state index contributed by atoms with van der Waals surface area (Å²) in [6, 6.07) is 9.58. The Morgan fingerprint density at radius 1 is 1.31 bits per heavy atom. The van der Waals surface area contributed by atoms with Crippen LogP contribution in [0, 0.1) is 6.92 Å². The molecule has 2 rings (SSSR count). The van der Waals surface area contributed by atoms with Crippen LogP contribution in [-0.2, 0) is 6.54 Å². The molecule has 1 heterocycles. The van der Waals surface area contributed by atoms with E-state index in [0.717, 1.165) is 6.54 Å². The minimum absolute atomic E-state index is 0.680. The van der Waals surface area contributed by atoms with Gasteiger partial charge in [-0.2, -0.15) is 0 Å². The first kappa shape index (κ1) is 11.6. The fourth-order valence-corrected chi connectivity index (χ4v) is 2.39. The second-order valence-electron chi connectivity index (χ2n) is 4.85. The lowest BCUT2D eigenvalue weighted by Gasteiger charge is -2.32. The van der Waals surface area contributed by atoms with Gasteiger partial charge >= 0.3 is 0 Å². The molecule has 0 aliphatic carbocycles. The SMILES string of the molecule is CN[C@@H]1CCCN(Cc2ccc(C)cc2)C1. The first-order valence-corrected chi connectivity index (χ1v) is 6.23. The largest absolute Gasteiger partial charge is 0.316 e. The van der Waals surface area contributed by atoms with Crippen molar-refractivity contribution < 1.29 is 0 Å². The molecule has 1 aromatic rings. The van der Waals surface area contributed by atoms with Crippen molar-refractivity contribution in [2.75, 3.05) is 20.1 Å². The van der Waals surface area contributed by atoms with Gasteiger partial charge < -0.3 is 5.32 Å². The predicted octanol–water partition coefficient (Wildman–Crippen LogP) is 2.18. The molecule has 1 aliphatic heterocycles. The molecule has 0 amide bonds. The second kappa shape index (κ2) is 5.46. The van der Waals surface area contributed by atoms with Crippen LogP contribution < -0.4 is 5.32 Å². The Balaban J connectivity index is 1.91. The van der Waals surface area contributed by atoms with Gasteiger partial charge in [0.25, 0.3) is 0 Å². The summed E-state index contributed by atoms with van der Waals surface area (Å²) in [5, 5.41) is 3.39. The molecule has 0 saturated carbocycles. The van der Waals surface area contributed by atoms with E-state index in [-0.39, 0.29) is 0 Å². The normalized spacial score (nSPS) is 22.2. The van der Waals surface area contributed by atoms with Gasteiger partial charge in [-0.1, -0.05) is 29.8 Å². The molecule has 0 bridgehead atoms. The molecular weight excluding hydrogens is 196 g/mol. The van der Waals surface area contributed by atoms with Crippen LogP contribution in [-0.4, -0.2) is 31.1 Å². The molecular formula is C14H22N2. The highest BCUT2D eigenvalue weighted by molar-refractivity contribution is 5.21.